The van der Waals surface area contributed by atoms with E-state index in [2.05, 4.69) is 22.9 Å². The van der Waals surface area contributed by atoms with Gasteiger partial charge in [0.1, 0.15) is 23.8 Å². The van der Waals surface area contributed by atoms with Crippen molar-refractivity contribution in [3.8, 4) is 11.3 Å². The molecule has 0 bridgehead atoms. The number of aromatic nitrogens is 3. The van der Waals surface area contributed by atoms with E-state index in [4.69, 9.17) is 30.5 Å². The lowest BCUT2D eigenvalue weighted by Crippen LogP contribution is -2.67. The van der Waals surface area contributed by atoms with Gasteiger partial charge in [-0.05, 0) is 23.6 Å². The molecule has 40 heavy (non-hydrogen) atoms. The monoisotopic (exact) mass is 619 g/mol. The van der Waals surface area contributed by atoms with Gasteiger partial charge in [0.05, 0.1) is 11.1 Å². The molecule has 0 radical (unpaired) electrons. The Labute approximate surface area is 239 Å². The molecule has 0 spiro atoms. The zero-order valence-electron chi connectivity index (χ0n) is 21.0. The minimum atomic E-state index is -2.30. The number of carbonyl (C=O) groups is 3. The zero-order chi connectivity index (χ0) is 29.4. The number of esters is 3. The molecule has 0 amide bonds. The average molecular weight is 620 g/mol. The highest BCUT2D eigenvalue weighted by Gasteiger charge is 2.69. The van der Waals surface area contributed by atoms with Crippen LogP contribution in [0.5, 0.6) is 0 Å². The van der Waals surface area contributed by atoms with Crippen LogP contribution in [0.15, 0.2) is 35.8 Å². The van der Waals surface area contributed by atoms with E-state index in [1.165, 1.54) is 6.20 Å². The number of alkyl halides is 1. The number of benzene rings is 1. The van der Waals surface area contributed by atoms with Gasteiger partial charge < -0.3 is 18.9 Å². The van der Waals surface area contributed by atoms with Crippen molar-refractivity contribution in [2.75, 3.05) is 6.61 Å². The SMILES string of the molecule is CC(=O)OC[C@H]1O[C@H](S)[C@@](OC(C)=O)(c2cccs2)[C@@H](n2cc(-c3cc(F)c(F)c(F)c3)nn2)[C@@]1(Cl)OC(C)=O. The highest BCUT2D eigenvalue weighted by Crippen LogP contribution is 2.57. The summed E-state index contributed by atoms with van der Waals surface area (Å²) in [6.07, 6.45) is -0.218. The van der Waals surface area contributed by atoms with Gasteiger partial charge in [-0.3, -0.25) is 14.4 Å². The van der Waals surface area contributed by atoms with Crippen LogP contribution in [0.4, 0.5) is 13.2 Å². The van der Waals surface area contributed by atoms with E-state index < -0.39 is 70.2 Å². The third kappa shape index (κ3) is 5.42. The Kier molecular flexibility index (Phi) is 8.49. The van der Waals surface area contributed by atoms with Gasteiger partial charge in [-0.25, -0.2) is 17.9 Å². The molecule has 0 aliphatic carbocycles. The number of nitrogens with zero attached hydrogens (tertiary/aromatic N) is 3. The van der Waals surface area contributed by atoms with E-state index in [1.807, 2.05) is 0 Å². The average Bonchev–Trinajstić information content (AvgIpc) is 3.55. The van der Waals surface area contributed by atoms with Crippen LogP contribution in [-0.2, 0) is 38.9 Å². The molecule has 4 rings (SSSR count). The summed E-state index contributed by atoms with van der Waals surface area (Å²) in [5, 5.41) is 7.35. The normalized spacial score (nSPS) is 26.2. The smallest absolute Gasteiger partial charge is 0.304 e. The fraction of sp³-hybridized carbons (Fsp3) is 0.375. The standard InChI is InChI=1S/C24H21ClF3N3O7S2/c1-11(32)35-10-18-24(25,38-13(3)34)21(23(22(39)36-18,37-12(2)33)19-5-4-6-40-19)31-9-17(29-30-31)14-7-15(26)20(28)16(27)8-14/h4-9,18,21-22,39H,10H2,1-3H3/t18-,21-,22-,23-,24+/m1/s1. The summed E-state index contributed by atoms with van der Waals surface area (Å²) in [6.45, 7) is 2.80. The number of hydrogen-bond donors (Lipinski definition) is 1. The second-order valence-electron chi connectivity index (χ2n) is 8.68. The Morgan fingerprint density at radius 3 is 2.33 bits per heavy atom. The van der Waals surface area contributed by atoms with Gasteiger partial charge in [0.15, 0.2) is 23.5 Å². The molecule has 0 N–H and O–H groups in total. The van der Waals surface area contributed by atoms with Crippen LogP contribution in [0.2, 0.25) is 0 Å². The van der Waals surface area contributed by atoms with Crippen molar-refractivity contribution >= 4 is 53.5 Å². The molecule has 5 atom stereocenters. The van der Waals surface area contributed by atoms with Crippen molar-refractivity contribution in [2.24, 2.45) is 0 Å². The van der Waals surface area contributed by atoms with Crippen LogP contribution >= 0.6 is 35.6 Å². The van der Waals surface area contributed by atoms with Crippen molar-refractivity contribution in [3.63, 3.8) is 0 Å². The first-order valence-electron chi connectivity index (χ1n) is 11.4. The van der Waals surface area contributed by atoms with Crippen LogP contribution in [0.25, 0.3) is 11.3 Å². The molecular formula is C24H21ClF3N3O7S2. The van der Waals surface area contributed by atoms with E-state index >= 15 is 0 Å². The zero-order valence-corrected chi connectivity index (χ0v) is 23.4. The molecule has 1 aliphatic heterocycles. The lowest BCUT2D eigenvalue weighted by Gasteiger charge is -2.54. The third-order valence-electron chi connectivity index (χ3n) is 5.89. The molecule has 0 unspecified atom stereocenters. The predicted molar refractivity (Wildman–Crippen MR) is 137 cm³/mol. The number of carbonyl (C=O) groups excluding carboxylic acids is 3. The first-order valence-corrected chi connectivity index (χ1v) is 13.2. The highest BCUT2D eigenvalue weighted by molar-refractivity contribution is 7.80. The molecule has 2 aromatic heterocycles. The molecule has 1 saturated heterocycles. The second kappa shape index (κ2) is 11.4. The number of ether oxygens (including phenoxy) is 4. The molecule has 3 heterocycles. The fourth-order valence-electron chi connectivity index (χ4n) is 4.41. The summed E-state index contributed by atoms with van der Waals surface area (Å²) in [5.41, 5.74) is -3.59. The fourth-order valence-corrected chi connectivity index (χ4v) is 6.37. The van der Waals surface area contributed by atoms with Gasteiger partial charge >= 0.3 is 17.9 Å². The van der Waals surface area contributed by atoms with Crippen LogP contribution < -0.4 is 0 Å². The van der Waals surface area contributed by atoms with E-state index in [0.29, 0.717) is 17.0 Å². The van der Waals surface area contributed by atoms with E-state index in [0.717, 1.165) is 36.8 Å². The van der Waals surface area contributed by atoms with Gasteiger partial charge in [-0.15, -0.1) is 29.1 Å². The molecule has 16 heteroatoms. The van der Waals surface area contributed by atoms with Crippen LogP contribution in [0.1, 0.15) is 31.7 Å². The van der Waals surface area contributed by atoms with Crippen molar-refractivity contribution in [2.45, 2.75) is 49.0 Å². The molecule has 0 saturated carbocycles. The molecular weight excluding hydrogens is 599 g/mol. The molecule has 1 fully saturated rings. The third-order valence-corrected chi connectivity index (χ3v) is 7.92. The summed E-state index contributed by atoms with van der Waals surface area (Å²) in [7, 11) is 0. The van der Waals surface area contributed by atoms with Crippen LogP contribution in [0, 0.1) is 17.5 Å². The van der Waals surface area contributed by atoms with Gasteiger partial charge in [-0.1, -0.05) is 22.9 Å². The Hall–Kier alpha value is -3.14. The number of rotatable bonds is 7. The first kappa shape index (κ1) is 29.8. The van der Waals surface area contributed by atoms with E-state index in [1.54, 1.807) is 17.5 Å². The molecule has 1 aliphatic rings. The number of thiol groups is 1. The Morgan fingerprint density at radius 2 is 1.77 bits per heavy atom. The summed E-state index contributed by atoms with van der Waals surface area (Å²) in [4.78, 5) is 36.8. The summed E-state index contributed by atoms with van der Waals surface area (Å²) in [6, 6.07) is 3.13. The topological polar surface area (TPSA) is 119 Å². The first-order chi connectivity index (χ1) is 18.8. The predicted octanol–water partition coefficient (Wildman–Crippen LogP) is 4.14. The quantitative estimate of drug-likeness (QED) is 0.137. The van der Waals surface area contributed by atoms with E-state index in [-0.39, 0.29) is 11.3 Å². The number of hydrogen-bond acceptors (Lipinski definition) is 11. The number of halogens is 4. The summed E-state index contributed by atoms with van der Waals surface area (Å²) in [5.74, 6) is -6.99. The minimum Gasteiger partial charge on any atom is -0.463 e. The lowest BCUT2D eigenvalue weighted by molar-refractivity contribution is -0.260. The van der Waals surface area contributed by atoms with Gasteiger partial charge in [0, 0.05) is 26.3 Å². The maximum atomic E-state index is 14.0. The van der Waals surface area contributed by atoms with Gasteiger partial charge in [0.25, 0.3) is 0 Å². The van der Waals surface area contributed by atoms with Gasteiger partial charge in [0.2, 0.25) is 10.7 Å². The second-order valence-corrected chi connectivity index (χ2v) is 10.7. The Bertz CT molecular complexity index is 1420. The lowest BCUT2D eigenvalue weighted by atomic mass is 9.82. The summed E-state index contributed by atoms with van der Waals surface area (Å²) < 4.78 is 65.1. The molecule has 1 aromatic carbocycles. The van der Waals surface area contributed by atoms with Gasteiger partial charge in [-0.2, -0.15) is 0 Å². The Morgan fingerprint density at radius 1 is 1.12 bits per heavy atom. The van der Waals surface area contributed by atoms with Crippen LogP contribution in [-0.4, -0.2) is 56.1 Å². The van der Waals surface area contributed by atoms with Crippen molar-refractivity contribution < 1.29 is 46.5 Å². The summed E-state index contributed by atoms with van der Waals surface area (Å²) >= 11 is 12.8. The van der Waals surface area contributed by atoms with Crippen molar-refractivity contribution in [1.82, 2.24) is 15.0 Å². The van der Waals surface area contributed by atoms with Crippen molar-refractivity contribution in [1.29, 1.82) is 0 Å². The largest absolute Gasteiger partial charge is 0.463 e. The Balaban J connectivity index is 1.98. The molecule has 214 valence electrons. The van der Waals surface area contributed by atoms with E-state index in [9.17, 15) is 27.6 Å². The highest BCUT2D eigenvalue weighted by atomic mass is 35.5. The molecule has 3 aromatic rings. The minimum absolute atomic E-state index is 0.138. The maximum absolute atomic E-state index is 14.0. The molecule has 10 nitrogen and oxygen atoms in total. The number of thiophene rings is 1. The van der Waals surface area contributed by atoms with Crippen molar-refractivity contribution in [3.05, 3.63) is 58.2 Å². The maximum Gasteiger partial charge on any atom is 0.304 e. The van der Waals surface area contributed by atoms with Crippen LogP contribution in [0.3, 0.4) is 0 Å².